The van der Waals surface area contributed by atoms with Crippen molar-refractivity contribution in [3.8, 4) is 11.3 Å². The minimum atomic E-state index is 0.0437. The topological polar surface area (TPSA) is 3.88 Å². The summed E-state index contributed by atoms with van der Waals surface area (Å²) in [6.45, 7) is 11.2. The summed E-state index contributed by atoms with van der Waals surface area (Å²) in [7, 11) is 2.13. The molecule has 3 aromatic carbocycles. The summed E-state index contributed by atoms with van der Waals surface area (Å²) in [6, 6.07) is 16.6. The smallest absolute Gasteiger partial charge is 0.198 e. The quantitative estimate of drug-likeness (QED) is 0.309. The number of benzene rings is 3. The zero-order chi connectivity index (χ0) is 22.1. The van der Waals surface area contributed by atoms with Gasteiger partial charge in [-0.05, 0) is 82.1 Å². The molecule has 0 amide bonds. The van der Waals surface area contributed by atoms with Gasteiger partial charge in [0.2, 0.25) is 5.69 Å². The fourth-order valence-corrected chi connectivity index (χ4v) is 5.26. The highest BCUT2D eigenvalue weighted by Crippen LogP contribution is 2.39. The molecule has 1 heteroatoms. The van der Waals surface area contributed by atoms with E-state index in [1.54, 1.807) is 0 Å². The van der Waals surface area contributed by atoms with Crippen molar-refractivity contribution in [1.29, 1.82) is 0 Å². The van der Waals surface area contributed by atoms with Gasteiger partial charge < -0.3 is 0 Å². The van der Waals surface area contributed by atoms with E-state index < -0.39 is 0 Å². The molecule has 0 unspecified atom stereocenters. The highest BCUT2D eigenvalue weighted by Gasteiger charge is 2.26. The van der Waals surface area contributed by atoms with Gasteiger partial charge in [-0.1, -0.05) is 51.1 Å². The van der Waals surface area contributed by atoms with E-state index in [4.69, 9.17) is 1.37 Å². The molecular formula is C29H32N+. The number of nitrogens with zero attached hydrogens (tertiary/aromatic N) is 1. The molecule has 30 heavy (non-hydrogen) atoms. The van der Waals surface area contributed by atoms with Gasteiger partial charge in [-0.3, -0.25) is 0 Å². The van der Waals surface area contributed by atoms with E-state index in [0.717, 1.165) is 23.9 Å². The van der Waals surface area contributed by atoms with E-state index >= 15 is 0 Å². The van der Waals surface area contributed by atoms with Crippen molar-refractivity contribution in [3.63, 3.8) is 0 Å². The average molecular weight is 396 g/mol. The van der Waals surface area contributed by atoms with Crippen molar-refractivity contribution in [3.05, 3.63) is 76.5 Å². The molecule has 0 N–H and O–H groups in total. The van der Waals surface area contributed by atoms with Crippen molar-refractivity contribution >= 4 is 21.5 Å². The van der Waals surface area contributed by atoms with Gasteiger partial charge in [0.05, 0.1) is 12.3 Å². The standard InChI is InChI=1S/C29H32N/c1-18-14-22-15-20-10-9-11-21(20)16-26(22)28(30(18)6)25-17-27(29(3,4)5)24-13-8-7-12-23(24)19(25)2/h7-8,12-17H,9-11H2,1-6H3/q+1/i14D. The molecule has 0 bridgehead atoms. The van der Waals surface area contributed by atoms with Crippen LogP contribution in [0.1, 0.15) is 56.5 Å². The van der Waals surface area contributed by atoms with Gasteiger partial charge in [-0.2, -0.15) is 4.57 Å². The van der Waals surface area contributed by atoms with Crippen molar-refractivity contribution in [2.45, 2.75) is 59.3 Å². The van der Waals surface area contributed by atoms with Crippen LogP contribution in [0, 0.1) is 13.8 Å². The van der Waals surface area contributed by atoms with Crippen LogP contribution in [0.15, 0.2) is 48.5 Å². The van der Waals surface area contributed by atoms with E-state index in [1.807, 2.05) is 0 Å². The summed E-state index contributed by atoms with van der Waals surface area (Å²) in [5, 5.41) is 4.98. The van der Waals surface area contributed by atoms with Gasteiger partial charge in [0.1, 0.15) is 7.05 Å². The number of fused-ring (bicyclic) bond motifs is 3. The maximum absolute atomic E-state index is 8.86. The zero-order valence-electron chi connectivity index (χ0n) is 20.1. The number of hydrogen-bond donors (Lipinski definition) is 0. The molecule has 0 radical (unpaired) electrons. The second-order valence-electron chi connectivity index (χ2n) is 10.0. The molecule has 1 nitrogen and oxygen atoms in total. The Morgan fingerprint density at radius 1 is 0.900 bits per heavy atom. The summed E-state index contributed by atoms with van der Waals surface area (Å²) in [5.41, 5.74) is 9.19. The molecule has 1 heterocycles. The van der Waals surface area contributed by atoms with Crippen LogP contribution >= 0.6 is 0 Å². The van der Waals surface area contributed by atoms with Gasteiger partial charge in [-0.15, -0.1) is 0 Å². The number of pyridine rings is 1. The first kappa shape index (κ1) is 18.1. The first-order chi connectivity index (χ1) is 14.7. The molecular weight excluding hydrogens is 362 g/mol. The third-order valence-electron chi connectivity index (χ3n) is 7.02. The minimum Gasteiger partial charge on any atom is -0.198 e. The minimum absolute atomic E-state index is 0.0437. The number of aromatic nitrogens is 1. The summed E-state index contributed by atoms with van der Waals surface area (Å²) in [5.74, 6) is 0. The lowest BCUT2D eigenvalue weighted by atomic mass is 9.80. The van der Waals surface area contributed by atoms with Crippen molar-refractivity contribution < 1.29 is 5.94 Å². The lowest BCUT2D eigenvalue weighted by Gasteiger charge is -2.24. The molecule has 5 rings (SSSR count). The Hall–Kier alpha value is -2.67. The molecule has 0 atom stereocenters. The molecule has 1 aliphatic rings. The molecule has 0 fully saturated rings. The summed E-state index contributed by atoms with van der Waals surface area (Å²) in [4.78, 5) is 0. The Balaban J connectivity index is 1.96. The van der Waals surface area contributed by atoms with E-state index in [2.05, 4.69) is 88.7 Å². The maximum Gasteiger partial charge on any atom is 0.220 e. The van der Waals surface area contributed by atoms with Crippen molar-refractivity contribution in [2.75, 3.05) is 0 Å². The first-order valence-electron chi connectivity index (χ1n) is 11.7. The highest BCUT2D eigenvalue weighted by molar-refractivity contribution is 6.00. The van der Waals surface area contributed by atoms with Gasteiger partial charge in [-0.25, -0.2) is 0 Å². The monoisotopic (exact) mass is 395 g/mol. The van der Waals surface area contributed by atoms with E-state index in [1.165, 1.54) is 56.1 Å². The second kappa shape index (κ2) is 6.67. The second-order valence-corrected chi connectivity index (χ2v) is 10.0. The molecule has 4 aromatic rings. The van der Waals surface area contributed by atoms with E-state index in [-0.39, 0.29) is 5.41 Å². The van der Waals surface area contributed by atoms with Crippen LogP contribution in [0.2, 0.25) is 0 Å². The van der Waals surface area contributed by atoms with Gasteiger partial charge in [0.25, 0.3) is 0 Å². The SMILES string of the molecule is [2H]c1c(C)[n+](C)c(-c2cc(C(C)(C)C)c3ccccc3c2C)c2cc3c(cc12)CCC3. The van der Waals surface area contributed by atoms with Crippen LogP contribution in [0.5, 0.6) is 0 Å². The highest BCUT2D eigenvalue weighted by atomic mass is 14.9. The fraction of sp³-hybridized carbons (Fsp3) is 0.345. The lowest BCUT2D eigenvalue weighted by Crippen LogP contribution is -2.35. The van der Waals surface area contributed by atoms with Crippen LogP contribution in [-0.4, -0.2) is 0 Å². The first-order valence-corrected chi connectivity index (χ1v) is 11.2. The van der Waals surface area contributed by atoms with Gasteiger partial charge in [0, 0.05) is 13.0 Å². The molecule has 0 aliphatic heterocycles. The molecule has 152 valence electrons. The van der Waals surface area contributed by atoms with Gasteiger partial charge >= 0.3 is 0 Å². The van der Waals surface area contributed by atoms with Crippen LogP contribution in [0.4, 0.5) is 0 Å². The number of rotatable bonds is 1. The molecule has 1 aliphatic carbocycles. The fourth-order valence-electron chi connectivity index (χ4n) is 5.26. The number of aryl methyl sites for hydroxylation is 3. The van der Waals surface area contributed by atoms with Gasteiger partial charge in [0.15, 0.2) is 5.69 Å². The Morgan fingerprint density at radius 2 is 1.57 bits per heavy atom. The summed E-state index contributed by atoms with van der Waals surface area (Å²) in [6.07, 6.45) is 3.52. The predicted octanol–water partition coefficient (Wildman–Crippen LogP) is 6.89. The molecule has 0 saturated carbocycles. The molecule has 0 spiro atoms. The summed E-state index contributed by atoms with van der Waals surface area (Å²) >= 11 is 0. The Labute approximate surface area is 181 Å². The third kappa shape index (κ3) is 2.87. The average Bonchev–Trinajstić information content (AvgIpc) is 3.19. The molecule has 1 aromatic heterocycles. The zero-order valence-corrected chi connectivity index (χ0v) is 19.1. The van der Waals surface area contributed by atoms with E-state index in [9.17, 15) is 0 Å². The Kier molecular flexibility index (Phi) is 4.03. The van der Waals surface area contributed by atoms with Crippen LogP contribution < -0.4 is 4.57 Å². The number of hydrogen-bond acceptors (Lipinski definition) is 0. The van der Waals surface area contributed by atoms with Crippen LogP contribution in [0.25, 0.3) is 32.8 Å². The Morgan fingerprint density at radius 3 is 2.27 bits per heavy atom. The summed E-state index contributed by atoms with van der Waals surface area (Å²) < 4.78 is 11.1. The van der Waals surface area contributed by atoms with Crippen LogP contribution in [0.3, 0.4) is 0 Å². The van der Waals surface area contributed by atoms with Crippen LogP contribution in [-0.2, 0) is 25.3 Å². The van der Waals surface area contributed by atoms with Crippen molar-refractivity contribution in [2.24, 2.45) is 7.05 Å². The Bertz CT molecular complexity index is 1370. The largest absolute Gasteiger partial charge is 0.220 e. The third-order valence-corrected chi connectivity index (χ3v) is 7.02. The lowest BCUT2D eigenvalue weighted by molar-refractivity contribution is -0.665. The predicted molar refractivity (Wildman–Crippen MR) is 128 cm³/mol. The van der Waals surface area contributed by atoms with E-state index in [0.29, 0.717) is 6.04 Å². The van der Waals surface area contributed by atoms with Crippen molar-refractivity contribution in [1.82, 2.24) is 0 Å². The normalized spacial score (nSPS) is 14.4. The molecule has 0 saturated heterocycles. The maximum atomic E-state index is 8.86.